The van der Waals surface area contributed by atoms with Gasteiger partial charge in [-0.1, -0.05) is 66.7 Å². The summed E-state index contributed by atoms with van der Waals surface area (Å²) in [4.78, 5) is 45.3. The smallest absolute Gasteiger partial charge is 0.352 e. The molecule has 1 saturated heterocycles. The second-order valence-electron chi connectivity index (χ2n) is 10.8. The molecule has 0 aromatic heterocycles. The Morgan fingerprint density at radius 3 is 1.98 bits per heavy atom. The lowest BCUT2D eigenvalue weighted by atomic mass is 9.64. The molecule has 7 rings (SSSR count). The molecule has 0 N–H and O–H groups in total. The molecule has 42 heavy (non-hydrogen) atoms. The third kappa shape index (κ3) is 3.50. The molecule has 1 fully saturated rings. The van der Waals surface area contributed by atoms with Crippen molar-refractivity contribution in [3.63, 3.8) is 0 Å². The Hall–Kier alpha value is -4.85. The van der Waals surface area contributed by atoms with E-state index in [0.717, 1.165) is 29.8 Å². The van der Waals surface area contributed by atoms with Crippen molar-refractivity contribution < 1.29 is 31.9 Å². The normalized spacial score (nSPS) is 21.8. The number of benzene rings is 4. The van der Waals surface area contributed by atoms with Gasteiger partial charge in [-0.2, -0.15) is 13.2 Å². The van der Waals surface area contributed by atoms with Crippen LogP contribution in [0.1, 0.15) is 53.7 Å². The molecule has 4 aromatic rings. The Bertz CT molecular complexity index is 1770. The van der Waals surface area contributed by atoms with Gasteiger partial charge in [0.25, 0.3) is 0 Å². The molecule has 8 heteroatoms. The molecule has 4 nitrogen and oxygen atoms in total. The van der Waals surface area contributed by atoms with Crippen LogP contribution in [0.4, 0.5) is 23.2 Å². The average molecular weight is 568 g/mol. The van der Waals surface area contributed by atoms with Gasteiger partial charge >= 0.3 is 6.18 Å². The van der Waals surface area contributed by atoms with Crippen molar-refractivity contribution in [1.82, 2.24) is 0 Å². The predicted molar refractivity (Wildman–Crippen MR) is 148 cm³/mol. The maximum atomic E-state index is 14.5. The number of carbonyl (C=O) groups is 3. The number of fused-ring (bicyclic) bond motifs is 5. The Morgan fingerprint density at radius 2 is 1.36 bits per heavy atom. The topological polar surface area (TPSA) is 54.5 Å². The second-order valence-corrected chi connectivity index (χ2v) is 10.8. The zero-order valence-corrected chi connectivity index (χ0v) is 21.8. The lowest BCUT2D eigenvalue weighted by molar-refractivity contribution is -0.137. The fourth-order valence-electron chi connectivity index (χ4n) is 6.95. The van der Waals surface area contributed by atoms with Crippen molar-refractivity contribution in [2.75, 3.05) is 4.90 Å². The van der Waals surface area contributed by atoms with E-state index in [-0.39, 0.29) is 22.3 Å². The van der Waals surface area contributed by atoms with Gasteiger partial charge in [0.1, 0.15) is 17.3 Å². The number of hydrogen-bond acceptors (Lipinski definition) is 4. The molecule has 3 aliphatic rings. The maximum absolute atomic E-state index is 14.5. The molecule has 3 atom stereocenters. The number of para-hydroxylation sites is 1. The van der Waals surface area contributed by atoms with E-state index in [9.17, 15) is 31.9 Å². The molecule has 2 aliphatic heterocycles. The molecular weight excluding hydrogens is 546 g/mol. The first-order valence-corrected chi connectivity index (χ1v) is 13.3. The highest BCUT2D eigenvalue weighted by molar-refractivity contribution is 6.32. The van der Waals surface area contributed by atoms with E-state index in [1.807, 2.05) is 12.1 Å². The molecule has 0 bridgehead atoms. The molecule has 1 spiro atoms. The predicted octanol–water partition coefficient (Wildman–Crippen LogP) is 7.16. The van der Waals surface area contributed by atoms with Gasteiger partial charge in [-0.25, -0.2) is 4.39 Å². The number of ketones is 3. The van der Waals surface area contributed by atoms with Crippen LogP contribution in [-0.4, -0.2) is 29.4 Å². The molecule has 4 aromatic carbocycles. The van der Waals surface area contributed by atoms with Crippen LogP contribution in [0.2, 0.25) is 0 Å². The second kappa shape index (κ2) is 9.08. The van der Waals surface area contributed by atoms with Gasteiger partial charge in [0.2, 0.25) is 0 Å². The summed E-state index contributed by atoms with van der Waals surface area (Å²) in [5, 5.41) is 0. The Kier molecular flexibility index (Phi) is 5.63. The minimum absolute atomic E-state index is 0.150. The van der Waals surface area contributed by atoms with Crippen LogP contribution in [0.15, 0.2) is 103 Å². The highest BCUT2D eigenvalue weighted by Gasteiger charge is 2.71. The third-order valence-corrected chi connectivity index (χ3v) is 8.71. The summed E-state index contributed by atoms with van der Waals surface area (Å²) in [5.41, 5.74) is -0.554. The van der Waals surface area contributed by atoms with E-state index < -0.39 is 58.3 Å². The highest BCUT2D eigenvalue weighted by atomic mass is 19.4. The number of nitrogens with zero attached hydrogens (tertiary/aromatic N) is 1. The minimum atomic E-state index is -4.61. The Labute approximate surface area is 237 Å². The molecule has 3 unspecified atom stereocenters. The summed E-state index contributed by atoms with van der Waals surface area (Å²) in [7, 11) is 0. The van der Waals surface area contributed by atoms with Crippen LogP contribution < -0.4 is 4.90 Å². The molecule has 2 heterocycles. The molecule has 0 radical (unpaired) electrons. The van der Waals surface area contributed by atoms with E-state index in [1.165, 1.54) is 24.3 Å². The van der Waals surface area contributed by atoms with Crippen molar-refractivity contribution in [3.05, 3.63) is 142 Å². The third-order valence-electron chi connectivity index (χ3n) is 8.71. The van der Waals surface area contributed by atoms with Gasteiger partial charge in [-0.3, -0.25) is 14.4 Å². The van der Waals surface area contributed by atoms with Crippen LogP contribution in [-0.2, 0) is 6.18 Å². The first-order chi connectivity index (χ1) is 20.1. The molecule has 1 aliphatic carbocycles. The Morgan fingerprint density at radius 1 is 0.762 bits per heavy atom. The zero-order valence-electron chi connectivity index (χ0n) is 21.8. The van der Waals surface area contributed by atoms with E-state index in [2.05, 4.69) is 0 Å². The lowest BCUT2D eigenvalue weighted by Gasteiger charge is -2.37. The van der Waals surface area contributed by atoms with E-state index in [1.54, 1.807) is 53.5 Å². The van der Waals surface area contributed by atoms with Crippen LogP contribution in [0.3, 0.4) is 0 Å². The largest absolute Gasteiger partial charge is 0.416 e. The van der Waals surface area contributed by atoms with E-state index in [0.29, 0.717) is 5.69 Å². The SMILES string of the molecule is O=C(c1ccc(F)cc1)C1C(c2ccc(C(F)(F)F)cc2)C2(C(=O)c3ccccc3C2=O)C2C=Cc3ccccc3N12. The average Bonchev–Trinajstić information content (AvgIpc) is 3.43. The first kappa shape index (κ1) is 26.1. The van der Waals surface area contributed by atoms with Crippen molar-refractivity contribution in [3.8, 4) is 0 Å². The summed E-state index contributed by atoms with van der Waals surface area (Å²) in [6.45, 7) is 0. The lowest BCUT2D eigenvalue weighted by Crippen LogP contribution is -2.48. The van der Waals surface area contributed by atoms with Crippen molar-refractivity contribution in [2.24, 2.45) is 5.41 Å². The number of Topliss-reactive ketones (excluding diaryl/α,β-unsaturated/α-hetero) is 3. The monoisotopic (exact) mass is 567 g/mol. The highest BCUT2D eigenvalue weighted by Crippen LogP contribution is 2.61. The number of anilines is 1. The van der Waals surface area contributed by atoms with Gasteiger partial charge in [0.15, 0.2) is 17.3 Å². The number of halogens is 4. The summed E-state index contributed by atoms with van der Waals surface area (Å²) >= 11 is 0. The van der Waals surface area contributed by atoms with Gasteiger partial charge in [-0.05, 0) is 53.6 Å². The summed E-state index contributed by atoms with van der Waals surface area (Å²) in [6.07, 6.45) is -1.07. The summed E-state index contributed by atoms with van der Waals surface area (Å²) < 4.78 is 54.5. The minimum Gasteiger partial charge on any atom is -0.352 e. The number of rotatable bonds is 3. The zero-order chi connectivity index (χ0) is 29.4. The molecule has 208 valence electrons. The number of alkyl halides is 3. The molecule has 0 saturated carbocycles. The fraction of sp³-hybridized carbons (Fsp3) is 0.147. The van der Waals surface area contributed by atoms with Gasteiger partial charge in [-0.15, -0.1) is 0 Å². The quantitative estimate of drug-likeness (QED) is 0.150. The maximum Gasteiger partial charge on any atom is 0.416 e. The standard InChI is InChI=1S/C34H21F4NO3/c35-23-16-11-21(12-17-23)30(40)29-28(20-9-14-22(15-10-20)34(36,37)38)33(31(41)24-6-2-3-7-25(24)32(33)42)27-18-13-19-5-1-4-8-26(19)39(27)29/h1-18,27-29H. The van der Waals surface area contributed by atoms with E-state index in [4.69, 9.17) is 0 Å². The summed E-state index contributed by atoms with van der Waals surface area (Å²) in [5.74, 6) is -3.16. The molecular formula is C34H21F4NO3. The molecule has 0 amide bonds. The fourth-order valence-corrected chi connectivity index (χ4v) is 6.95. The number of carbonyl (C=O) groups excluding carboxylic acids is 3. The van der Waals surface area contributed by atoms with Crippen LogP contribution in [0.25, 0.3) is 6.08 Å². The van der Waals surface area contributed by atoms with Crippen LogP contribution >= 0.6 is 0 Å². The van der Waals surface area contributed by atoms with Gasteiger partial charge in [0.05, 0.1) is 11.6 Å². The van der Waals surface area contributed by atoms with E-state index >= 15 is 0 Å². The van der Waals surface area contributed by atoms with Crippen molar-refractivity contribution >= 4 is 29.1 Å². The first-order valence-electron chi connectivity index (χ1n) is 13.3. The van der Waals surface area contributed by atoms with Gasteiger partial charge < -0.3 is 4.90 Å². The van der Waals surface area contributed by atoms with Crippen molar-refractivity contribution in [2.45, 2.75) is 24.2 Å². The Balaban J connectivity index is 1.53. The van der Waals surface area contributed by atoms with Crippen molar-refractivity contribution in [1.29, 1.82) is 0 Å². The van der Waals surface area contributed by atoms with Crippen LogP contribution in [0, 0.1) is 11.2 Å². The van der Waals surface area contributed by atoms with Crippen LogP contribution in [0.5, 0.6) is 0 Å². The number of hydrogen-bond donors (Lipinski definition) is 0. The van der Waals surface area contributed by atoms with Gasteiger partial charge in [0, 0.05) is 28.3 Å². The summed E-state index contributed by atoms with van der Waals surface area (Å²) in [6, 6.07) is 20.8.